The Morgan fingerprint density at radius 1 is 1.22 bits per heavy atom. The van der Waals surface area contributed by atoms with Crippen molar-refractivity contribution in [2.75, 3.05) is 51.0 Å². The number of aromatic nitrogens is 4. The van der Waals surface area contributed by atoms with Crippen LogP contribution >= 0.6 is 0 Å². The molecule has 0 aromatic carbocycles. The molecule has 1 saturated heterocycles. The van der Waals surface area contributed by atoms with Crippen molar-refractivity contribution in [1.29, 1.82) is 0 Å². The van der Waals surface area contributed by atoms with E-state index in [1.54, 1.807) is 23.2 Å². The van der Waals surface area contributed by atoms with Gasteiger partial charge in [-0.2, -0.15) is 0 Å². The maximum absolute atomic E-state index is 13.0. The van der Waals surface area contributed by atoms with Crippen LogP contribution in [0.4, 0.5) is 5.82 Å². The molecule has 9 heteroatoms. The van der Waals surface area contributed by atoms with Crippen LogP contribution < -0.4 is 10.5 Å². The van der Waals surface area contributed by atoms with Crippen molar-refractivity contribution in [3.8, 4) is 5.69 Å². The third-order valence-electron chi connectivity index (χ3n) is 4.19. The van der Waals surface area contributed by atoms with Gasteiger partial charge in [0.2, 0.25) is 0 Å². The molecule has 0 N–H and O–H groups in total. The maximum Gasteiger partial charge on any atom is 0.298 e. The predicted octanol–water partition coefficient (Wildman–Crippen LogP) is 0.509. The molecule has 1 aliphatic rings. The second kappa shape index (κ2) is 9.89. The van der Waals surface area contributed by atoms with Gasteiger partial charge in [-0.1, -0.05) is 0 Å². The van der Waals surface area contributed by atoms with E-state index in [1.165, 1.54) is 6.33 Å². The Balaban J connectivity index is 1.82. The summed E-state index contributed by atoms with van der Waals surface area (Å²) >= 11 is 0. The number of ether oxygens (including phenoxy) is 2. The van der Waals surface area contributed by atoms with Gasteiger partial charge < -0.3 is 14.4 Å². The van der Waals surface area contributed by atoms with Gasteiger partial charge >= 0.3 is 0 Å². The monoisotopic (exact) mass is 372 g/mol. The van der Waals surface area contributed by atoms with Gasteiger partial charge in [0.15, 0.2) is 5.82 Å². The van der Waals surface area contributed by atoms with E-state index in [9.17, 15) is 4.79 Å². The Morgan fingerprint density at radius 2 is 2.00 bits per heavy atom. The number of hydrogen-bond donors (Lipinski definition) is 0. The molecule has 1 aliphatic heterocycles. The lowest BCUT2D eigenvalue weighted by Gasteiger charge is -2.28. The normalized spacial score (nSPS) is 14.3. The summed E-state index contributed by atoms with van der Waals surface area (Å²) in [5.74, 6) is 0.441. The molecule has 0 saturated carbocycles. The molecule has 27 heavy (non-hydrogen) atoms. The summed E-state index contributed by atoms with van der Waals surface area (Å²) in [4.78, 5) is 31.4. The lowest BCUT2D eigenvalue weighted by Crippen LogP contribution is -2.41. The van der Waals surface area contributed by atoms with Gasteiger partial charge in [0.1, 0.15) is 6.33 Å². The highest BCUT2D eigenvalue weighted by atomic mass is 16.5. The molecule has 3 rings (SSSR count). The van der Waals surface area contributed by atoms with Gasteiger partial charge in [-0.3, -0.25) is 14.4 Å². The number of nitrogens with zero attached hydrogens (tertiary/aromatic N) is 6. The standard InChI is InChI=1S/C18H24N6O3/c1-19-4-8-26-7-2-3-15-13-24(16-11-20-14-21-12-16)18(25)17(22-15)23-5-9-27-10-6-23/h11-14H,1-10H2. The van der Waals surface area contributed by atoms with E-state index >= 15 is 0 Å². The third-order valence-corrected chi connectivity index (χ3v) is 4.19. The Morgan fingerprint density at radius 3 is 2.74 bits per heavy atom. The van der Waals surface area contributed by atoms with Crippen LogP contribution in [-0.4, -0.2) is 72.3 Å². The number of anilines is 1. The van der Waals surface area contributed by atoms with E-state index < -0.39 is 0 Å². The smallest absolute Gasteiger partial charge is 0.298 e. The fourth-order valence-electron chi connectivity index (χ4n) is 2.82. The summed E-state index contributed by atoms with van der Waals surface area (Å²) in [6.07, 6.45) is 7.94. The van der Waals surface area contributed by atoms with Crippen molar-refractivity contribution in [3.63, 3.8) is 0 Å². The van der Waals surface area contributed by atoms with Gasteiger partial charge in [0, 0.05) is 25.9 Å². The maximum atomic E-state index is 13.0. The fourth-order valence-corrected chi connectivity index (χ4v) is 2.82. The lowest BCUT2D eigenvalue weighted by atomic mass is 10.2. The zero-order valence-corrected chi connectivity index (χ0v) is 15.3. The van der Waals surface area contributed by atoms with Crippen molar-refractivity contribution >= 4 is 12.5 Å². The van der Waals surface area contributed by atoms with Crippen LogP contribution in [-0.2, 0) is 15.9 Å². The van der Waals surface area contributed by atoms with Crippen molar-refractivity contribution in [2.45, 2.75) is 12.8 Å². The number of aryl methyl sites for hydroxylation is 1. The second-order valence-electron chi connectivity index (χ2n) is 6.09. The van der Waals surface area contributed by atoms with Crippen LogP contribution in [0.15, 0.2) is 34.7 Å². The Kier molecular flexibility index (Phi) is 7.00. The minimum absolute atomic E-state index is 0.177. The van der Waals surface area contributed by atoms with Gasteiger partial charge in [-0.05, 0) is 19.6 Å². The molecule has 2 aromatic heterocycles. The first-order valence-electron chi connectivity index (χ1n) is 9.00. The first-order chi connectivity index (χ1) is 13.3. The highest BCUT2D eigenvalue weighted by Gasteiger charge is 2.19. The minimum atomic E-state index is -0.177. The van der Waals surface area contributed by atoms with Crippen LogP contribution in [0.3, 0.4) is 0 Å². The molecule has 0 radical (unpaired) electrons. The molecule has 0 unspecified atom stereocenters. The average molecular weight is 372 g/mol. The topological polar surface area (TPSA) is 94.7 Å². The first-order valence-corrected chi connectivity index (χ1v) is 9.00. The lowest BCUT2D eigenvalue weighted by molar-refractivity contribution is 0.122. The van der Waals surface area contributed by atoms with E-state index in [1.807, 2.05) is 4.90 Å². The molecule has 0 bridgehead atoms. The quantitative estimate of drug-likeness (QED) is 0.467. The molecule has 3 heterocycles. The molecule has 0 atom stereocenters. The Labute approximate surface area is 157 Å². The molecule has 1 fully saturated rings. The minimum Gasteiger partial charge on any atom is -0.380 e. The van der Waals surface area contributed by atoms with E-state index in [0.717, 1.165) is 12.1 Å². The van der Waals surface area contributed by atoms with E-state index in [2.05, 4.69) is 26.7 Å². The summed E-state index contributed by atoms with van der Waals surface area (Å²) in [5.41, 5.74) is 1.27. The largest absolute Gasteiger partial charge is 0.380 e. The van der Waals surface area contributed by atoms with E-state index in [0.29, 0.717) is 64.0 Å². The van der Waals surface area contributed by atoms with E-state index in [4.69, 9.17) is 9.47 Å². The van der Waals surface area contributed by atoms with Gasteiger partial charge in [-0.15, -0.1) is 0 Å². The van der Waals surface area contributed by atoms with Gasteiger partial charge in [0.05, 0.1) is 50.1 Å². The molecule has 0 amide bonds. The summed E-state index contributed by atoms with van der Waals surface area (Å²) in [5, 5.41) is 0. The molecule has 2 aromatic rings. The first kappa shape index (κ1) is 19.1. The van der Waals surface area contributed by atoms with Crippen LogP contribution in [0.2, 0.25) is 0 Å². The predicted molar refractivity (Wildman–Crippen MR) is 102 cm³/mol. The second-order valence-corrected chi connectivity index (χ2v) is 6.09. The number of hydrogen-bond acceptors (Lipinski definition) is 8. The Hall–Kier alpha value is -2.65. The van der Waals surface area contributed by atoms with Crippen molar-refractivity contribution in [2.24, 2.45) is 4.99 Å². The molecule has 9 nitrogen and oxygen atoms in total. The third kappa shape index (κ3) is 5.18. The molecule has 144 valence electrons. The van der Waals surface area contributed by atoms with Crippen LogP contribution in [0.25, 0.3) is 5.69 Å². The summed E-state index contributed by atoms with van der Waals surface area (Å²) in [6.45, 7) is 7.67. The summed E-state index contributed by atoms with van der Waals surface area (Å²) < 4.78 is 12.5. The van der Waals surface area contributed by atoms with E-state index in [-0.39, 0.29) is 5.56 Å². The SMILES string of the molecule is C=NCCOCCCc1cn(-c2cncnc2)c(=O)c(N2CCOCC2)n1. The van der Waals surface area contributed by atoms with Crippen LogP contribution in [0.5, 0.6) is 0 Å². The average Bonchev–Trinajstić information content (AvgIpc) is 2.73. The summed E-state index contributed by atoms with van der Waals surface area (Å²) in [7, 11) is 0. The molecule has 0 spiro atoms. The van der Waals surface area contributed by atoms with Crippen LogP contribution in [0, 0.1) is 0 Å². The zero-order chi connectivity index (χ0) is 18.9. The zero-order valence-electron chi connectivity index (χ0n) is 15.3. The highest BCUT2D eigenvalue weighted by Crippen LogP contribution is 2.12. The summed E-state index contributed by atoms with van der Waals surface area (Å²) in [6, 6.07) is 0. The molecular weight excluding hydrogens is 348 g/mol. The van der Waals surface area contributed by atoms with Crippen LogP contribution in [0.1, 0.15) is 12.1 Å². The van der Waals surface area contributed by atoms with Crippen molar-refractivity contribution < 1.29 is 9.47 Å². The highest BCUT2D eigenvalue weighted by molar-refractivity contribution is 5.41. The van der Waals surface area contributed by atoms with Gasteiger partial charge in [-0.25, -0.2) is 15.0 Å². The molecular formula is C18H24N6O3. The number of aliphatic imine (C=N–C) groups is 1. The van der Waals surface area contributed by atoms with Gasteiger partial charge in [0.25, 0.3) is 5.56 Å². The fraction of sp³-hybridized carbons (Fsp3) is 0.500. The molecule has 0 aliphatic carbocycles. The van der Waals surface area contributed by atoms with Crippen molar-refractivity contribution in [1.82, 2.24) is 19.5 Å². The number of rotatable bonds is 9. The Bertz CT molecular complexity index is 789. The number of morpholine rings is 1. The van der Waals surface area contributed by atoms with Crippen molar-refractivity contribution in [3.05, 3.63) is 41.0 Å².